The number of rotatable bonds is 7. The fourth-order valence-electron chi connectivity index (χ4n) is 1.54. The molecule has 1 unspecified atom stereocenters. The second-order valence-corrected chi connectivity index (χ2v) is 5.80. The smallest absolute Gasteiger partial charge is 0.335 e. The molecule has 1 atom stereocenters. The second-order valence-electron chi connectivity index (χ2n) is 4.25. The first-order valence-electron chi connectivity index (χ1n) is 6.13. The van der Waals surface area contributed by atoms with E-state index in [1.54, 1.807) is 18.4 Å². The van der Waals surface area contributed by atoms with Crippen molar-refractivity contribution in [1.29, 1.82) is 0 Å². The van der Waals surface area contributed by atoms with Gasteiger partial charge >= 0.3 is 12.0 Å². The van der Waals surface area contributed by atoms with Gasteiger partial charge in [-0.05, 0) is 24.1 Å². The monoisotopic (exact) mass is 298 g/mol. The van der Waals surface area contributed by atoms with E-state index in [1.165, 1.54) is 12.1 Å². The van der Waals surface area contributed by atoms with Crippen LogP contribution < -0.4 is 10.6 Å². The Morgan fingerprint density at radius 1 is 1.30 bits per heavy atom. The molecule has 0 saturated carbocycles. The fourth-order valence-corrected chi connectivity index (χ4v) is 2.09. The molecule has 0 fully saturated rings. The van der Waals surface area contributed by atoms with E-state index in [9.17, 15) is 13.8 Å². The van der Waals surface area contributed by atoms with Crippen LogP contribution in [0.2, 0.25) is 0 Å². The lowest BCUT2D eigenvalue weighted by molar-refractivity contribution is 0.0696. The molecule has 0 spiro atoms. The number of hydrogen-bond acceptors (Lipinski definition) is 3. The Morgan fingerprint density at radius 2 is 2.05 bits per heavy atom. The molecule has 6 nitrogen and oxygen atoms in total. The van der Waals surface area contributed by atoms with Gasteiger partial charge in [-0.2, -0.15) is 0 Å². The van der Waals surface area contributed by atoms with Crippen molar-refractivity contribution >= 4 is 22.8 Å². The van der Waals surface area contributed by atoms with E-state index >= 15 is 0 Å². The number of amides is 2. The van der Waals surface area contributed by atoms with Gasteiger partial charge in [-0.15, -0.1) is 0 Å². The van der Waals surface area contributed by atoms with E-state index in [0.717, 1.165) is 5.56 Å². The van der Waals surface area contributed by atoms with Gasteiger partial charge in [-0.1, -0.05) is 12.1 Å². The first-order chi connectivity index (χ1) is 9.49. The summed E-state index contributed by atoms with van der Waals surface area (Å²) in [5.41, 5.74) is 0.907. The SMILES string of the molecule is CS(=O)CCCNC(=O)NCc1cccc(C(=O)O)c1. The molecular formula is C13H18N2O4S. The molecule has 0 aliphatic heterocycles. The normalized spacial score (nSPS) is 11.7. The van der Waals surface area contributed by atoms with E-state index in [4.69, 9.17) is 5.11 Å². The zero-order valence-electron chi connectivity index (χ0n) is 11.2. The van der Waals surface area contributed by atoms with Gasteiger partial charge in [0, 0.05) is 35.9 Å². The van der Waals surface area contributed by atoms with Gasteiger partial charge in [-0.3, -0.25) is 4.21 Å². The number of nitrogens with one attached hydrogen (secondary N) is 2. The third-order valence-electron chi connectivity index (χ3n) is 2.52. The zero-order valence-corrected chi connectivity index (χ0v) is 12.0. The van der Waals surface area contributed by atoms with E-state index < -0.39 is 16.8 Å². The van der Waals surface area contributed by atoms with Crippen LogP contribution in [0.3, 0.4) is 0 Å². The van der Waals surface area contributed by atoms with Crippen molar-refractivity contribution in [2.75, 3.05) is 18.6 Å². The Bertz CT molecular complexity index is 505. The van der Waals surface area contributed by atoms with Crippen LogP contribution in [0.5, 0.6) is 0 Å². The summed E-state index contributed by atoms with van der Waals surface area (Å²) in [6, 6.07) is 6.06. The van der Waals surface area contributed by atoms with Crippen LogP contribution in [-0.4, -0.2) is 39.9 Å². The quantitative estimate of drug-likeness (QED) is 0.653. The first-order valence-corrected chi connectivity index (χ1v) is 7.85. The molecule has 0 aliphatic carbocycles. The van der Waals surface area contributed by atoms with Crippen LogP contribution in [0.25, 0.3) is 0 Å². The molecule has 1 aromatic carbocycles. The molecule has 0 aromatic heterocycles. The maximum atomic E-state index is 11.5. The van der Waals surface area contributed by atoms with E-state index in [0.29, 0.717) is 18.7 Å². The number of hydrogen-bond donors (Lipinski definition) is 3. The summed E-state index contributed by atoms with van der Waals surface area (Å²) >= 11 is 0. The van der Waals surface area contributed by atoms with Crippen LogP contribution >= 0.6 is 0 Å². The lowest BCUT2D eigenvalue weighted by atomic mass is 10.1. The molecular weight excluding hydrogens is 280 g/mol. The molecule has 7 heteroatoms. The fraction of sp³-hybridized carbons (Fsp3) is 0.385. The van der Waals surface area contributed by atoms with Crippen LogP contribution in [-0.2, 0) is 17.3 Å². The van der Waals surface area contributed by atoms with Crippen molar-refractivity contribution < 1.29 is 18.9 Å². The van der Waals surface area contributed by atoms with Crippen molar-refractivity contribution in [3.8, 4) is 0 Å². The van der Waals surface area contributed by atoms with Crippen LogP contribution in [0, 0.1) is 0 Å². The molecule has 20 heavy (non-hydrogen) atoms. The molecule has 1 rings (SSSR count). The minimum Gasteiger partial charge on any atom is -0.478 e. The van der Waals surface area contributed by atoms with Crippen molar-refractivity contribution in [1.82, 2.24) is 10.6 Å². The average Bonchev–Trinajstić information content (AvgIpc) is 2.41. The summed E-state index contributed by atoms with van der Waals surface area (Å²) in [4.78, 5) is 22.3. The van der Waals surface area contributed by atoms with E-state index in [-0.39, 0.29) is 18.1 Å². The maximum absolute atomic E-state index is 11.5. The van der Waals surface area contributed by atoms with Gasteiger partial charge in [0.25, 0.3) is 0 Å². The van der Waals surface area contributed by atoms with Gasteiger partial charge in [0.15, 0.2) is 0 Å². The topological polar surface area (TPSA) is 95.5 Å². The summed E-state index contributed by atoms with van der Waals surface area (Å²) in [6.07, 6.45) is 2.28. The molecule has 0 aliphatic rings. The minimum absolute atomic E-state index is 0.190. The summed E-state index contributed by atoms with van der Waals surface area (Å²) < 4.78 is 10.8. The van der Waals surface area contributed by atoms with Crippen molar-refractivity contribution in [3.05, 3.63) is 35.4 Å². The summed E-state index contributed by atoms with van der Waals surface area (Å²) in [5.74, 6) is -0.440. The standard InChI is InChI=1S/C13H18N2O4S/c1-20(19)7-3-6-14-13(18)15-9-10-4-2-5-11(8-10)12(16)17/h2,4-5,8H,3,6-7,9H2,1H3,(H,16,17)(H2,14,15,18). The highest BCUT2D eigenvalue weighted by Crippen LogP contribution is 2.04. The third-order valence-corrected chi connectivity index (χ3v) is 3.38. The van der Waals surface area contributed by atoms with Gasteiger partial charge in [0.1, 0.15) is 0 Å². The predicted molar refractivity (Wildman–Crippen MR) is 77.2 cm³/mol. The van der Waals surface area contributed by atoms with Gasteiger partial charge < -0.3 is 15.7 Å². The minimum atomic E-state index is -0.996. The van der Waals surface area contributed by atoms with Crippen molar-refractivity contribution in [2.24, 2.45) is 0 Å². The number of benzene rings is 1. The highest BCUT2D eigenvalue weighted by molar-refractivity contribution is 7.84. The van der Waals surface area contributed by atoms with Gasteiger partial charge in [-0.25, -0.2) is 9.59 Å². The molecule has 110 valence electrons. The zero-order chi connectivity index (χ0) is 15.0. The Hall–Kier alpha value is -1.89. The number of carbonyl (C=O) groups excluding carboxylic acids is 1. The largest absolute Gasteiger partial charge is 0.478 e. The van der Waals surface area contributed by atoms with Crippen molar-refractivity contribution in [3.63, 3.8) is 0 Å². The maximum Gasteiger partial charge on any atom is 0.335 e. The van der Waals surface area contributed by atoms with Crippen LogP contribution in [0.15, 0.2) is 24.3 Å². The Balaban J connectivity index is 2.32. The first kappa shape index (κ1) is 16.2. The lowest BCUT2D eigenvalue weighted by Crippen LogP contribution is -2.35. The van der Waals surface area contributed by atoms with Gasteiger partial charge in [0.05, 0.1) is 5.56 Å². The molecule has 1 aromatic rings. The van der Waals surface area contributed by atoms with E-state index in [1.807, 2.05) is 0 Å². The summed E-state index contributed by atoms with van der Waals surface area (Å²) in [5, 5.41) is 14.1. The Labute approximate surface area is 120 Å². The molecule has 0 radical (unpaired) electrons. The lowest BCUT2D eigenvalue weighted by Gasteiger charge is -2.07. The number of aromatic carboxylic acids is 1. The second kappa shape index (κ2) is 8.31. The molecule has 2 amide bonds. The average molecular weight is 298 g/mol. The number of carboxylic acid groups (broad SMARTS) is 1. The highest BCUT2D eigenvalue weighted by Gasteiger charge is 2.04. The Morgan fingerprint density at radius 3 is 2.70 bits per heavy atom. The highest BCUT2D eigenvalue weighted by atomic mass is 32.2. The number of urea groups is 1. The number of carboxylic acids is 1. The molecule has 0 heterocycles. The number of carbonyl (C=O) groups is 2. The van der Waals surface area contributed by atoms with Gasteiger partial charge in [0.2, 0.25) is 0 Å². The molecule has 0 bridgehead atoms. The Kier molecular flexibility index (Phi) is 6.72. The van der Waals surface area contributed by atoms with E-state index in [2.05, 4.69) is 10.6 Å². The summed E-state index contributed by atoms with van der Waals surface area (Å²) in [7, 11) is -0.848. The predicted octanol–water partition coefficient (Wildman–Crippen LogP) is 0.953. The van der Waals surface area contributed by atoms with Crippen LogP contribution in [0.1, 0.15) is 22.3 Å². The molecule has 0 saturated heterocycles. The van der Waals surface area contributed by atoms with Crippen LogP contribution in [0.4, 0.5) is 4.79 Å². The summed E-state index contributed by atoms with van der Waals surface area (Å²) in [6.45, 7) is 0.716. The van der Waals surface area contributed by atoms with Crippen molar-refractivity contribution in [2.45, 2.75) is 13.0 Å². The third kappa shape index (κ3) is 6.33. The molecule has 3 N–H and O–H groups in total.